The van der Waals surface area contributed by atoms with Crippen molar-refractivity contribution in [2.75, 3.05) is 19.0 Å². The lowest BCUT2D eigenvalue weighted by atomic mass is 10.1. The smallest absolute Gasteiger partial charge is 0.347 e. The highest BCUT2D eigenvalue weighted by molar-refractivity contribution is 5.75. The molecule has 0 radical (unpaired) electrons. The number of nitrogens with zero attached hydrogens (tertiary/aromatic N) is 4. The molecule has 1 atom stereocenters. The highest BCUT2D eigenvalue weighted by atomic mass is 16.6. The molecule has 7 nitrogen and oxygen atoms in total. The standard InChI is InChI=1S/C16H20N4O3/c1-11(21)15(19-12(2)17-10-16(19)20(22)23)9-13-5-7-14(8-6-13)18(3)4/h5-11,21H,1-4H3/b15-9+. The van der Waals surface area contributed by atoms with Gasteiger partial charge in [-0.15, -0.1) is 0 Å². The van der Waals surface area contributed by atoms with Gasteiger partial charge in [0.05, 0.1) is 0 Å². The largest absolute Gasteiger partial charge is 0.385 e. The van der Waals surface area contributed by atoms with E-state index in [1.54, 1.807) is 19.9 Å². The van der Waals surface area contributed by atoms with Crippen LogP contribution in [0, 0.1) is 17.0 Å². The first-order valence-electron chi connectivity index (χ1n) is 7.17. The third-order valence-electron chi connectivity index (χ3n) is 3.52. The Morgan fingerprint density at radius 3 is 2.48 bits per heavy atom. The molecule has 23 heavy (non-hydrogen) atoms. The second kappa shape index (κ2) is 6.62. The summed E-state index contributed by atoms with van der Waals surface area (Å²) in [5.41, 5.74) is 2.30. The second-order valence-corrected chi connectivity index (χ2v) is 5.49. The Hall–Kier alpha value is -2.67. The average molecular weight is 316 g/mol. The van der Waals surface area contributed by atoms with E-state index in [0.717, 1.165) is 11.3 Å². The van der Waals surface area contributed by atoms with Crippen LogP contribution in [0.1, 0.15) is 18.3 Å². The lowest BCUT2D eigenvalue weighted by Gasteiger charge is -2.13. The summed E-state index contributed by atoms with van der Waals surface area (Å²) in [6, 6.07) is 7.69. The van der Waals surface area contributed by atoms with Crippen LogP contribution < -0.4 is 4.90 Å². The average Bonchev–Trinajstić information content (AvgIpc) is 2.86. The molecule has 0 saturated heterocycles. The molecule has 0 amide bonds. The number of hydrogen-bond donors (Lipinski definition) is 1. The molecule has 0 spiro atoms. The quantitative estimate of drug-likeness (QED) is 0.677. The van der Waals surface area contributed by atoms with Gasteiger partial charge >= 0.3 is 5.82 Å². The number of anilines is 1. The second-order valence-electron chi connectivity index (χ2n) is 5.49. The molecule has 0 fully saturated rings. The number of benzene rings is 1. The highest BCUT2D eigenvalue weighted by Gasteiger charge is 2.24. The van der Waals surface area contributed by atoms with Gasteiger partial charge in [-0.3, -0.25) is 0 Å². The summed E-state index contributed by atoms with van der Waals surface area (Å²) in [5.74, 6) is 0.285. The third-order valence-corrected chi connectivity index (χ3v) is 3.52. The molecule has 0 aliphatic heterocycles. The number of nitro groups is 1. The van der Waals surface area contributed by atoms with Crippen LogP contribution in [0.3, 0.4) is 0 Å². The Morgan fingerprint density at radius 1 is 1.39 bits per heavy atom. The normalized spacial score (nSPS) is 13.0. The molecule has 7 heteroatoms. The van der Waals surface area contributed by atoms with E-state index in [2.05, 4.69) is 4.98 Å². The van der Waals surface area contributed by atoms with Gasteiger partial charge in [-0.1, -0.05) is 12.1 Å². The molecular weight excluding hydrogens is 296 g/mol. The van der Waals surface area contributed by atoms with E-state index in [1.807, 2.05) is 43.3 Å². The minimum atomic E-state index is -0.880. The minimum Gasteiger partial charge on any atom is -0.385 e. The zero-order valence-electron chi connectivity index (χ0n) is 13.6. The highest BCUT2D eigenvalue weighted by Crippen LogP contribution is 2.25. The summed E-state index contributed by atoms with van der Waals surface area (Å²) < 4.78 is 1.37. The Balaban J connectivity index is 2.51. The summed E-state index contributed by atoms with van der Waals surface area (Å²) in [5, 5.41) is 21.2. The van der Waals surface area contributed by atoms with Crippen LogP contribution in [0.15, 0.2) is 30.5 Å². The van der Waals surface area contributed by atoms with Crippen molar-refractivity contribution in [3.8, 4) is 0 Å². The van der Waals surface area contributed by atoms with E-state index >= 15 is 0 Å². The number of aromatic nitrogens is 2. The molecule has 2 rings (SSSR count). The maximum absolute atomic E-state index is 11.2. The molecule has 1 aromatic heterocycles. The van der Waals surface area contributed by atoms with Gasteiger partial charge in [0.25, 0.3) is 0 Å². The number of aliphatic hydroxyl groups is 1. The van der Waals surface area contributed by atoms with Gasteiger partial charge in [0.1, 0.15) is 18.0 Å². The Bertz CT molecular complexity index is 730. The van der Waals surface area contributed by atoms with Crippen molar-refractivity contribution in [1.82, 2.24) is 9.55 Å². The zero-order chi connectivity index (χ0) is 17.1. The lowest BCUT2D eigenvalue weighted by molar-refractivity contribution is -0.391. The van der Waals surface area contributed by atoms with Gasteiger partial charge in [-0.05, 0) is 35.6 Å². The van der Waals surface area contributed by atoms with Crippen molar-refractivity contribution in [1.29, 1.82) is 0 Å². The van der Waals surface area contributed by atoms with Crippen LogP contribution in [0.25, 0.3) is 11.8 Å². The summed E-state index contributed by atoms with van der Waals surface area (Å²) >= 11 is 0. The van der Waals surface area contributed by atoms with Crippen molar-refractivity contribution >= 4 is 23.3 Å². The third kappa shape index (κ3) is 3.57. The molecule has 2 aromatic rings. The maximum atomic E-state index is 11.2. The Labute approximate surface area is 134 Å². The number of aryl methyl sites for hydroxylation is 1. The summed E-state index contributed by atoms with van der Waals surface area (Å²) in [6.07, 6.45) is 2.04. The molecule has 1 unspecified atom stereocenters. The van der Waals surface area contributed by atoms with Crippen LogP contribution in [0.5, 0.6) is 0 Å². The maximum Gasteiger partial charge on any atom is 0.347 e. The lowest BCUT2D eigenvalue weighted by Crippen LogP contribution is -2.14. The molecule has 1 heterocycles. The number of imidazole rings is 1. The first kappa shape index (κ1) is 16.7. The van der Waals surface area contributed by atoms with Gasteiger partial charge in [-0.2, -0.15) is 4.57 Å². The molecule has 0 aliphatic rings. The van der Waals surface area contributed by atoms with E-state index in [1.165, 1.54) is 10.8 Å². The van der Waals surface area contributed by atoms with Crippen LogP contribution in [0.4, 0.5) is 11.5 Å². The molecule has 0 aliphatic carbocycles. The molecule has 1 N–H and O–H groups in total. The monoisotopic (exact) mass is 316 g/mol. The van der Waals surface area contributed by atoms with E-state index in [-0.39, 0.29) is 5.82 Å². The van der Waals surface area contributed by atoms with Crippen molar-refractivity contribution < 1.29 is 10.0 Å². The van der Waals surface area contributed by atoms with Crippen LogP contribution in [-0.4, -0.2) is 39.8 Å². The van der Waals surface area contributed by atoms with E-state index in [4.69, 9.17) is 0 Å². The number of rotatable bonds is 5. The molecular formula is C16H20N4O3. The first-order valence-corrected chi connectivity index (χ1v) is 7.17. The fourth-order valence-corrected chi connectivity index (χ4v) is 2.29. The van der Waals surface area contributed by atoms with Crippen molar-refractivity contribution in [2.24, 2.45) is 0 Å². The van der Waals surface area contributed by atoms with Gasteiger partial charge in [0, 0.05) is 26.7 Å². The summed E-state index contributed by atoms with van der Waals surface area (Å²) in [7, 11) is 3.90. The van der Waals surface area contributed by atoms with Crippen molar-refractivity contribution in [3.05, 3.63) is 52.0 Å². The Kier molecular flexibility index (Phi) is 4.80. The predicted molar refractivity (Wildman–Crippen MR) is 90.2 cm³/mol. The fourth-order valence-electron chi connectivity index (χ4n) is 2.29. The van der Waals surface area contributed by atoms with Crippen molar-refractivity contribution in [3.63, 3.8) is 0 Å². The van der Waals surface area contributed by atoms with Gasteiger partial charge in [0.15, 0.2) is 5.82 Å². The molecule has 122 valence electrons. The fraction of sp³-hybridized carbons (Fsp3) is 0.312. The predicted octanol–water partition coefficient (Wildman–Crippen LogP) is 2.54. The molecule has 1 aromatic carbocycles. The first-order chi connectivity index (χ1) is 10.8. The van der Waals surface area contributed by atoms with E-state index < -0.39 is 11.0 Å². The van der Waals surface area contributed by atoms with E-state index in [9.17, 15) is 15.2 Å². The number of aliphatic hydroxyl groups excluding tert-OH is 1. The Morgan fingerprint density at radius 2 is 2.00 bits per heavy atom. The topological polar surface area (TPSA) is 84.4 Å². The molecule has 0 saturated carbocycles. The zero-order valence-corrected chi connectivity index (χ0v) is 13.6. The van der Waals surface area contributed by atoms with Gasteiger partial charge < -0.3 is 20.1 Å². The van der Waals surface area contributed by atoms with Crippen LogP contribution in [-0.2, 0) is 0 Å². The van der Waals surface area contributed by atoms with Crippen LogP contribution >= 0.6 is 0 Å². The minimum absolute atomic E-state index is 0.167. The van der Waals surface area contributed by atoms with Gasteiger partial charge in [0.2, 0.25) is 0 Å². The summed E-state index contributed by atoms with van der Waals surface area (Å²) in [4.78, 5) is 16.6. The van der Waals surface area contributed by atoms with Crippen LogP contribution in [0.2, 0.25) is 0 Å². The van der Waals surface area contributed by atoms with Crippen molar-refractivity contribution in [2.45, 2.75) is 20.0 Å². The SMILES string of the molecule is Cc1ncc([N+](=O)[O-])n1/C(=C/c1ccc(N(C)C)cc1)C(C)O. The van der Waals surface area contributed by atoms with Gasteiger partial charge in [-0.25, -0.2) is 4.98 Å². The molecule has 0 bridgehead atoms. The number of hydrogen-bond acceptors (Lipinski definition) is 5. The van der Waals surface area contributed by atoms with E-state index in [0.29, 0.717) is 11.5 Å². The summed E-state index contributed by atoms with van der Waals surface area (Å²) in [6.45, 7) is 3.24.